The molecule has 1 aliphatic carbocycles. The lowest BCUT2D eigenvalue weighted by Gasteiger charge is -2.42. The number of hydrogen-bond acceptors (Lipinski definition) is 3. The van der Waals surface area contributed by atoms with Crippen LogP contribution in [0.25, 0.3) is 0 Å². The quantitative estimate of drug-likeness (QED) is 0.913. The number of carbonyl (C=O) groups excluding carboxylic acids is 2. The van der Waals surface area contributed by atoms with Crippen LogP contribution in [-0.2, 0) is 9.53 Å². The van der Waals surface area contributed by atoms with E-state index >= 15 is 0 Å². The Bertz CT molecular complexity index is 636. The number of amides is 2. The second-order valence-electron chi connectivity index (χ2n) is 7.73. The number of nitrogens with one attached hydrogen (secondary N) is 1. The van der Waals surface area contributed by atoms with Crippen molar-refractivity contribution in [3.63, 3.8) is 0 Å². The van der Waals surface area contributed by atoms with Gasteiger partial charge in [-0.25, -0.2) is 0 Å². The highest BCUT2D eigenvalue weighted by molar-refractivity contribution is 5.98. The molecule has 1 N–H and O–H groups in total. The second kappa shape index (κ2) is 7.56. The first-order valence-electron chi connectivity index (χ1n) is 9.28. The van der Waals surface area contributed by atoms with Crippen molar-refractivity contribution in [2.75, 3.05) is 25.1 Å². The van der Waals surface area contributed by atoms with E-state index in [-0.39, 0.29) is 23.3 Å². The zero-order chi connectivity index (χ0) is 17.9. The molecule has 1 aromatic carbocycles. The lowest BCUT2D eigenvalue weighted by atomic mass is 9.88. The summed E-state index contributed by atoms with van der Waals surface area (Å²) in [6.45, 7) is 5.71. The summed E-state index contributed by atoms with van der Waals surface area (Å²) in [5.41, 5.74) is 0.986. The average molecular weight is 344 g/mol. The van der Waals surface area contributed by atoms with Gasteiger partial charge in [-0.2, -0.15) is 0 Å². The Morgan fingerprint density at radius 2 is 1.96 bits per heavy atom. The smallest absolute Gasteiger partial charge is 0.254 e. The van der Waals surface area contributed by atoms with E-state index in [1.807, 2.05) is 36.9 Å². The van der Waals surface area contributed by atoms with Crippen LogP contribution in [0.2, 0.25) is 0 Å². The molecule has 1 aliphatic heterocycles. The average Bonchev–Trinajstić information content (AvgIpc) is 2.62. The van der Waals surface area contributed by atoms with E-state index in [1.165, 1.54) is 6.42 Å². The Balaban J connectivity index is 1.70. The molecular formula is C20H28N2O3. The third kappa shape index (κ3) is 4.21. The zero-order valence-corrected chi connectivity index (χ0v) is 15.2. The van der Waals surface area contributed by atoms with Crippen molar-refractivity contribution in [1.29, 1.82) is 0 Å². The molecule has 1 aromatic rings. The zero-order valence-electron chi connectivity index (χ0n) is 15.2. The lowest BCUT2D eigenvalue weighted by Crippen LogP contribution is -2.55. The van der Waals surface area contributed by atoms with E-state index in [2.05, 4.69) is 5.32 Å². The predicted molar refractivity (Wildman–Crippen MR) is 97.6 cm³/mol. The molecule has 136 valence electrons. The summed E-state index contributed by atoms with van der Waals surface area (Å²) in [4.78, 5) is 27.2. The van der Waals surface area contributed by atoms with E-state index in [9.17, 15) is 9.59 Å². The molecule has 2 fully saturated rings. The number of ether oxygens (including phenoxy) is 1. The van der Waals surface area contributed by atoms with Gasteiger partial charge in [0.2, 0.25) is 5.91 Å². The number of anilines is 1. The van der Waals surface area contributed by atoms with Crippen molar-refractivity contribution in [3.05, 3.63) is 29.8 Å². The van der Waals surface area contributed by atoms with Crippen LogP contribution < -0.4 is 5.32 Å². The number of benzene rings is 1. The Hall–Kier alpha value is -1.88. The Kier molecular flexibility index (Phi) is 5.42. The maximum absolute atomic E-state index is 12.9. The van der Waals surface area contributed by atoms with E-state index < -0.39 is 0 Å². The summed E-state index contributed by atoms with van der Waals surface area (Å²) in [5.74, 6) is 0.171. The summed E-state index contributed by atoms with van der Waals surface area (Å²) < 4.78 is 5.49. The fourth-order valence-corrected chi connectivity index (χ4v) is 3.73. The number of nitrogens with zero attached hydrogens (tertiary/aromatic N) is 1. The largest absolute Gasteiger partial charge is 0.377 e. The molecule has 5 nitrogen and oxygen atoms in total. The van der Waals surface area contributed by atoms with Crippen LogP contribution in [-0.4, -0.2) is 42.0 Å². The van der Waals surface area contributed by atoms with Gasteiger partial charge in [0.25, 0.3) is 5.91 Å². The van der Waals surface area contributed by atoms with Gasteiger partial charge >= 0.3 is 0 Å². The minimum atomic E-state index is -0.323. The van der Waals surface area contributed by atoms with Crippen molar-refractivity contribution in [2.45, 2.75) is 51.5 Å². The van der Waals surface area contributed by atoms with Gasteiger partial charge in [-0.15, -0.1) is 0 Å². The fourth-order valence-electron chi connectivity index (χ4n) is 3.73. The van der Waals surface area contributed by atoms with Crippen molar-refractivity contribution in [3.8, 4) is 0 Å². The summed E-state index contributed by atoms with van der Waals surface area (Å²) in [6, 6.07) is 7.28. The van der Waals surface area contributed by atoms with Gasteiger partial charge in [-0.3, -0.25) is 9.59 Å². The molecule has 2 amide bonds. The first-order valence-corrected chi connectivity index (χ1v) is 9.28. The maximum atomic E-state index is 12.9. The van der Waals surface area contributed by atoms with Crippen LogP contribution in [0.3, 0.4) is 0 Å². The molecule has 1 heterocycles. The van der Waals surface area contributed by atoms with E-state index in [0.29, 0.717) is 31.0 Å². The molecule has 0 aromatic heterocycles. The van der Waals surface area contributed by atoms with Crippen LogP contribution >= 0.6 is 0 Å². The normalized spacial score (nSPS) is 21.0. The molecule has 0 spiro atoms. The maximum Gasteiger partial charge on any atom is 0.254 e. The fraction of sp³-hybridized carbons (Fsp3) is 0.600. The van der Waals surface area contributed by atoms with Gasteiger partial charge in [0.1, 0.15) is 0 Å². The number of morpholine rings is 1. The second-order valence-corrected chi connectivity index (χ2v) is 7.73. The minimum Gasteiger partial charge on any atom is -0.377 e. The van der Waals surface area contributed by atoms with Crippen molar-refractivity contribution in [1.82, 2.24) is 4.90 Å². The summed E-state index contributed by atoms with van der Waals surface area (Å²) in [5, 5.41) is 3.00. The highest BCUT2D eigenvalue weighted by Gasteiger charge is 2.34. The predicted octanol–water partition coefficient (Wildman–Crippen LogP) is 3.46. The first-order chi connectivity index (χ1) is 12.0. The SMILES string of the molecule is CC1(C)COCCN1C(=O)c1cccc(NC(=O)C2CCCCC2)c1. The van der Waals surface area contributed by atoms with Crippen molar-refractivity contribution in [2.24, 2.45) is 5.92 Å². The van der Waals surface area contributed by atoms with E-state index in [4.69, 9.17) is 4.74 Å². The molecule has 0 bridgehead atoms. The first kappa shape index (κ1) is 17.9. The molecule has 0 unspecified atom stereocenters. The van der Waals surface area contributed by atoms with Crippen molar-refractivity contribution < 1.29 is 14.3 Å². The summed E-state index contributed by atoms with van der Waals surface area (Å²) >= 11 is 0. The van der Waals surface area contributed by atoms with E-state index in [0.717, 1.165) is 25.7 Å². The summed E-state index contributed by atoms with van der Waals surface area (Å²) in [7, 11) is 0. The summed E-state index contributed by atoms with van der Waals surface area (Å²) in [6.07, 6.45) is 5.41. The van der Waals surface area contributed by atoms with Crippen LogP contribution in [0.1, 0.15) is 56.3 Å². The molecule has 3 rings (SSSR count). The minimum absolute atomic E-state index is 0.0120. The Morgan fingerprint density at radius 3 is 2.68 bits per heavy atom. The highest BCUT2D eigenvalue weighted by atomic mass is 16.5. The Labute approximate surface area is 149 Å². The molecule has 1 saturated heterocycles. The molecule has 5 heteroatoms. The lowest BCUT2D eigenvalue weighted by molar-refractivity contribution is -0.120. The topological polar surface area (TPSA) is 58.6 Å². The van der Waals surface area contributed by atoms with Crippen molar-refractivity contribution >= 4 is 17.5 Å². The van der Waals surface area contributed by atoms with Gasteiger partial charge in [-0.1, -0.05) is 25.3 Å². The van der Waals surface area contributed by atoms with Gasteiger partial charge in [-0.05, 0) is 44.9 Å². The number of hydrogen-bond donors (Lipinski definition) is 1. The third-order valence-corrected chi connectivity index (χ3v) is 5.24. The van der Waals surface area contributed by atoms with Crippen LogP contribution in [0, 0.1) is 5.92 Å². The van der Waals surface area contributed by atoms with Gasteiger partial charge in [0.15, 0.2) is 0 Å². The number of carbonyl (C=O) groups is 2. The monoisotopic (exact) mass is 344 g/mol. The molecule has 0 radical (unpaired) electrons. The molecule has 25 heavy (non-hydrogen) atoms. The Morgan fingerprint density at radius 1 is 1.20 bits per heavy atom. The number of rotatable bonds is 3. The molecule has 2 aliphatic rings. The third-order valence-electron chi connectivity index (χ3n) is 5.24. The van der Waals surface area contributed by atoms with E-state index in [1.54, 1.807) is 6.07 Å². The van der Waals surface area contributed by atoms with Gasteiger partial charge in [0, 0.05) is 23.7 Å². The molecule has 1 saturated carbocycles. The van der Waals surface area contributed by atoms with Gasteiger partial charge in [0.05, 0.1) is 18.8 Å². The van der Waals surface area contributed by atoms with Crippen LogP contribution in [0.15, 0.2) is 24.3 Å². The molecule has 0 atom stereocenters. The standard InChI is InChI=1S/C20H28N2O3/c1-20(2)14-25-12-11-22(20)19(24)16-9-6-10-17(13-16)21-18(23)15-7-4-3-5-8-15/h6,9-10,13,15H,3-5,7-8,11-12,14H2,1-2H3,(H,21,23). The van der Waals surface area contributed by atoms with Crippen LogP contribution in [0.5, 0.6) is 0 Å². The molecular weight excluding hydrogens is 316 g/mol. The van der Waals surface area contributed by atoms with Crippen LogP contribution in [0.4, 0.5) is 5.69 Å². The highest BCUT2D eigenvalue weighted by Crippen LogP contribution is 2.26. The van der Waals surface area contributed by atoms with Gasteiger partial charge < -0.3 is 15.0 Å².